The maximum Gasteiger partial charge on any atom is 0.357 e. The van der Waals surface area contributed by atoms with Gasteiger partial charge in [0.1, 0.15) is 6.61 Å². The second kappa shape index (κ2) is 5.82. The van der Waals surface area contributed by atoms with Gasteiger partial charge in [0.05, 0.1) is 17.7 Å². The van der Waals surface area contributed by atoms with Gasteiger partial charge in [-0.3, -0.25) is 0 Å². The monoisotopic (exact) mass is 229 g/mol. The molecular weight excluding hydrogens is 214 g/mol. The molecule has 0 saturated heterocycles. The Morgan fingerprint density at radius 2 is 2.27 bits per heavy atom. The van der Waals surface area contributed by atoms with Crippen LogP contribution in [0.1, 0.15) is 29.3 Å². The van der Waals surface area contributed by atoms with E-state index in [-0.39, 0.29) is 18.7 Å². The summed E-state index contributed by atoms with van der Waals surface area (Å²) in [5.41, 5.74) is 0.377. The molecule has 15 heavy (non-hydrogen) atoms. The molecule has 0 atom stereocenters. The zero-order valence-electron chi connectivity index (χ0n) is 9.15. The Morgan fingerprint density at radius 3 is 2.80 bits per heavy atom. The van der Waals surface area contributed by atoms with Gasteiger partial charge < -0.3 is 9.47 Å². The lowest BCUT2D eigenvalue weighted by molar-refractivity contribution is 0.0173. The van der Waals surface area contributed by atoms with Crippen LogP contribution in [0.25, 0.3) is 0 Å². The molecule has 0 aliphatic carbocycles. The van der Waals surface area contributed by atoms with Crippen LogP contribution in [0.4, 0.5) is 0 Å². The second-order valence-electron chi connectivity index (χ2n) is 3.31. The largest absolute Gasteiger partial charge is 0.458 e. The first-order valence-corrected chi connectivity index (χ1v) is 5.68. The topological polar surface area (TPSA) is 48.4 Å². The van der Waals surface area contributed by atoms with Gasteiger partial charge >= 0.3 is 5.97 Å². The molecule has 1 aromatic heterocycles. The first-order valence-electron chi connectivity index (χ1n) is 4.80. The van der Waals surface area contributed by atoms with Crippen molar-refractivity contribution in [3.8, 4) is 0 Å². The summed E-state index contributed by atoms with van der Waals surface area (Å²) < 4.78 is 10.2. The van der Waals surface area contributed by atoms with E-state index >= 15 is 0 Å². The van der Waals surface area contributed by atoms with E-state index in [4.69, 9.17) is 9.47 Å². The minimum absolute atomic E-state index is 0.158. The molecule has 0 radical (unpaired) electrons. The fourth-order valence-corrected chi connectivity index (χ4v) is 1.53. The average Bonchev–Trinajstić information content (AvgIpc) is 2.59. The van der Waals surface area contributed by atoms with Crippen LogP contribution in [0.15, 0.2) is 5.38 Å². The summed E-state index contributed by atoms with van der Waals surface area (Å²) in [5, 5.41) is 2.56. The van der Waals surface area contributed by atoms with Gasteiger partial charge in [-0.1, -0.05) is 0 Å². The summed E-state index contributed by atoms with van der Waals surface area (Å²) in [6.45, 7) is 6.42. The maximum atomic E-state index is 11.4. The fourth-order valence-electron chi connectivity index (χ4n) is 0.949. The molecule has 1 aromatic rings. The van der Waals surface area contributed by atoms with Gasteiger partial charge in [0.25, 0.3) is 0 Å². The summed E-state index contributed by atoms with van der Waals surface area (Å²) in [7, 11) is 0. The number of hydrogen-bond acceptors (Lipinski definition) is 5. The van der Waals surface area contributed by atoms with Gasteiger partial charge in [-0.25, -0.2) is 9.78 Å². The maximum absolute atomic E-state index is 11.4. The number of hydrogen-bond donors (Lipinski definition) is 0. The van der Waals surface area contributed by atoms with E-state index in [0.29, 0.717) is 12.3 Å². The number of esters is 1. The molecule has 0 fully saturated rings. The van der Waals surface area contributed by atoms with Crippen molar-refractivity contribution in [2.45, 2.75) is 26.9 Å². The number of ether oxygens (including phenoxy) is 2. The Balaban J connectivity index is 2.25. The van der Waals surface area contributed by atoms with Crippen LogP contribution in [-0.4, -0.2) is 30.3 Å². The first kappa shape index (κ1) is 12.1. The normalized spacial score (nSPS) is 10.7. The number of rotatable bonds is 5. The van der Waals surface area contributed by atoms with Crippen LogP contribution >= 0.6 is 11.3 Å². The summed E-state index contributed by atoms with van der Waals surface area (Å²) in [5.74, 6) is -0.383. The quantitative estimate of drug-likeness (QED) is 0.572. The van der Waals surface area contributed by atoms with Gasteiger partial charge in [-0.15, -0.1) is 11.3 Å². The summed E-state index contributed by atoms with van der Waals surface area (Å²) in [6.07, 6.45) is 0.158. The van der Waals surface area contributed by atoms with Crippen molar-refractivity contribution < 1.29 is 14.3 Å². The van der Waals surface area contributed by atoms with Crippen molar-refractivity contribution in [2.24, 2.45) is 0 Å². The van der Waals surface area contributed by atoms with Gasteiger partial charge in [0.2, 0.25) is 0 Å². The third-order valence-corrected chi connectivity index (χ3v) is 2.37. The van der Waals surface area contributed by atoms with E-state index < -0.39 is 0 Å². The SMILES string of the molecule is Cc1nc(C(=O)OCCOC(C)C)cs1. The Bertz CT molecular complexity index is 322. The van der Waals surface area contributed by atoms with Crippen LogP contribution < -0.4 is 0 Å². The Labute approximate surface area is 93.2 Å². The Kier molecular flexibility index (Phi) is 4.71. The summed E-state index contributed by atoms with van der Waals surface area (Å²) in [6, 6.07) is 0. The van der Waals surface area contributed by atoms with E-state index in [1.807, 2.05) is 20.8 Å². The summed E-state index contributed by atoms with van der Waals surface area (Å²) in [4.78, 5) is 15.4. The molecule has 0 bridgehead atoms. The second-order valence-corrected chi connectivity index (χ2v) is 4.37. The molecule has 0 unspecified atom stereocenters. The van der Waals surface area contributed by atoms with Crippen LogP contribution in [0.5, 0.6) is 0 Å². The molecule has 1 rings (SSSR count). The smallest absolute Gasteiger partial charge is 0.357 e. The zero-order chi connectivity index (χ0) is 11.3. The molecule has 0 saturated carbocycles. The third-order valence-electron chi connectivity index (χ3n) is 1.60. The molecule has 0 aliphatic heterocycles. The zero-order valence-corrected chi connectivity index (χ0v) is 9.97. The number of aryl methyl sites for hydroxylation is 1. The highest BCUT2D eigenvalue weighted by atomic mass is 32.1. The van der Waals surface area contributed by atoms with Gasteiger partial charge in [0, 0.05) is 5.38 Å². The first-order chi connectivity index (χ1) is 7.09. The van der Waals surface area contributed by atoms with E-state index in [2.05, 4.69) is 4.98 Å². The number of carbonyl (C=O) groups excluding carboxylic acids is 1. The van der Waals surface area contributed by atoms with Crippen LogP contribution in [0, 0.1) is 6.92 Å². The Hall–Kier alpha value is -0.940. The number of thiazole rings is 1. The standard InChI is InChI=1S/C10H15NO3S/c1-7(2)13-4-5-14-10(12)9-6-15-8(3)11-9/h6-7H,4-5H2,1-3H3. The molecule has 4 nitrogen and oxygen atoms in total. The van der Waals surface area contributed by atoms with E-state index in [1.165, 1.54) is 11.3 Å². The number of aromatic nitrogens is 1. The number of nitrogens with zero attached hydrogens (tertiary/aromatic N) is 1. The Morgan fingerprint density at radius 1 is 1.53 bits per heavy atom. The molecule has 1 heterocycles. The lowest BCUT2D eigenvalue weighted by Gasteiger charge is -2.07. The van der Waals surface area contributed by atoms with Gasteiger partial charge in [-0.05, 0) is 20.8 Å². The van der Waals surface area contributed by atoms with Crippen LogP contribution in [0.3, 0.4) is 0 Å². The predicted octanol–water partition coefficient (Wildman–Crippen LogP) is 2.03. The molecule has 0 aromatic carbocycles. The van der Waals surface area contributed by atoms with E-state index in [1.54, 1.807) is 5.38 Å². The predicted molar refractivity (Wildman–Crippen MR) is 58.2 cm³/mol. The minimum atomic E-state index is -0.383. The molecule has 84 valence electrons. The van der Waals surface area contributed by atoms with Crippen LogP contribution in [0.2, 0.25) is 0 Å². The lowest BCUT2D eigenvalue weighted by Crippen LogP contribution is -2.13. The highest BCUT2D eigenvalue weighted by Crippen LogP contribution is 2.08. The van der Waals surface area contributed by atoms with Crippen molar-refractivity contribution in [1.82, 2.24) is 4.98 Å². The van der Waals surface area contributed by atoms with Crippen molar-refractivity contribution >= 4 is 17.3 Å². The molecule has 0 amide bonds. The van der Waals surface area contributed by atoms with Crippen molar-refractivity contribution in [2.75, 3.05) is 13.2 Å². The van der Waals surface area contributed by atoms with Crippen molar-refractivity contribution in [1.29, 1.82) is 0 Å². The molecule has 0 spiro atoms. The highest BCUT2D eigenvalue weighted by Gasteiger charge is 2.10. The minimum Gasteiger partial charge on any atom is -0.458 e. The fraction of sp³-hybridized carbons (Fsp3) is 0.600. The molecule has 0 N–H and O–H groups in total. The lowest BCUT2D eigenvalue weighted by atomic mass is 10.5. The van der Waals surface area contributed by atoms with Crippen LogP contribution in [-0.2, 0) is 9.47 Å². The number of carbonyl (C=O) groups is 1. The third kappa shape index (κ3) is 4.40. The summed E-state index contributed by atoms with van der Waals surface area (Å²) >= 11 is 1.43. The van der Waals surface area contributed by atoms with Gasteiger partial charge in [0.15, 0.2) is 5.69 Å². The molecular formula is C10H15NO3S. The molecule has 0 aliphatic rings. The van der Waals surface area contributed by atoms with Gasteiger partial charge in [-0.2, -0.15) is 0 Å². The highest BCUT2D eigenvalue weighted by molar-refractivity contribution is 7.09. The van der Waals surface area contributed by atoms with Crippen molar-refractivity contribution in [3.63, 3.8) is 0 Å². The van der Waals surface area contributed by atoms with E-state index in [0.717, 1.165) is 5.01 Å². The molecule has 5 heteroatoms. The van der Waals surface area contributed by atoms with Crippen molar-refractivity contribution in [3.05, 3.63) is 16.1 Å². The van der Waals surface area contributed by atoms with E-state index in [9.17, 15) is 4.79 Å². The average molecular weight is 229 g/mol.